The van der Waals surface area contributed by atoms with Crippen molar-refractivity contribution in [2.45, 2.75) is 40.2 Å². The minimum atomic E-state index is -0.476. The highest BCUT2D eigenvalue weighted by atomic mass is 16.6. The van der Waals surface area contributed by atoms with E-state index >= 15 is 0 Å². The van der Waals surface area contributed by atoms with Crippen LogP contribution in [0.4, 0.5) is 0 Å². The maximum Gasteiger partial charge on any atom is 0.328 e. The van der Waals surface area contributed by atoms with Gasteiger partial charge in [0.05, 0.1) is 0 Å². The van der Waals surface area contributed by atoms with Crippen molar-refractivity contribution in [1.82, 2.24) is 4.90 Å². The predicted octanol–water partition coefficient (Wildman–Crippen LogP) is 0.985. The SMILES string of the molecule is CCN(CC)C(N)=NCC(=O)OC(C)(C)C. The molecule has 0 aromatic heterocycles. The minimum Gasteiger partial charge on any atom is -0.459 e. The zero-order valence-corrected chi connectivity index (χ0v) is 10.9. The number of guanidine groups is 1. The second-order valence-corrected chi connectivity index (χ2v) is 4.43. The summed E-state index contributed by atoms with van der Waals surface area (Å²) in [5.41, 5.74) is 5.24. The highest BCUT2D eigenvalue weighted by Gasteiger charge is 2.15. The van der Waals surface area contributed by atoms with E-state index in [4.69, 9.17) is 10.5 Å². The lowest BCUT2D eigenvalue weighted by Gasteiger charge is -2.20. The van der Waals surface area contributed by atoms with Gasteiger partial charge in [-0.3, -0.25) is 4.79 Å². The van der Waals surface area contributed by atoms with Gasteiger partial charge in [0.1, 0.15) is 12.1 Å². The van der Waals surface area contributed by atoms with Crippen molar-refractivity contribution >= 4 is 11.9 Å². The molecule has 0 radical (unpaired) electrons. The third kappa shape index (κ3) is 6.27. The highest BCUT2D eigenvalue weighted by molar-refractivity contribution is 5.81. The summed E-state index contributed by atoms with van der Waals surface area (Å²) in [7, 11) is 0. The summed E-state index contributed by atoms with van der Waals surface area (Å²) in [6, 6.07) is 0. The summed E-state index contributed by atoms with van der Waals surface area (Å²) in [6.45, 7) is 11.0. The number of hydrogen-bond acceptors (Lipinski definition) is 3. The van der Waals surface area contributed by atoms with E-state index < -0.39 is 5.60 Å². The molecule has 0 spiro atoms. The van der Waals surface area contributed by atoms with Crippen LogP contribution in [0.1, 0.15) is 34.6 Å². The summed E-state index contributed by atoms with van der Waals surface area (Å²) >= 11 is 0. The number of hydrogen-bond donors (Lipinski definition) is 1. The van der Waals surface area contributed by atoms with Crippen molar-refractivity contribution in [3.05, 3.63) is 0 Å². The van der Waals surface area contributed by atoms with Gasteiger partial charge in [-0.15, -0.1) is 0 Å². The summed E-state index contributed by atoms with van der Waals surface area (Å²) in [4.78, 5) is 17.2. The van der Waals surface area contributed by atoms with Gasteiger partial charge in [0, 0.05) is 13.1 Å². The molecule has 5 nitrogen and oxygen atoms in total. The molecule has 0 aliphatic rings. The smallest absolute Gasteiger partial charge is 0.328 e. The standard InChI is InChI=1S/C11H23N3O2/c1-6-14(7-2)10(12)13-8-9(15)16-11(3,4)5/h6-8H2,1-5H3,(H2,12,13). The van der Waals surface area contributed by atoms with Crippen LogP contribution in [0.2, 0.25) is 0 Å². The Morgan fingerprint density at radius 2 is 1.81 bits per heavy atom. The lowest BCUT2D eigenvalue weighted by Crippen LogP contribution is -2.37. The second-order valence-electron chi connectivity index (χ2n) is 4.43. The molecule has 0 aromatic rings. The quantitative estimate of drug-likeness (QED) is 0.443. The van der Waals surface area contributed by atoms with Crippen LogP contribution in [0.25, 0.3) is 0 Å². The second kappa shape index (κ2) is 6.35. The van der Waals surface area contributed by atoms with Crippen molar-refractivity contribution in [2.75, 3.05) is 19.6 Å². The van der Waals surface area contributed by atoms with Gasteiger partial charge >= 0.3 is 5.97 Å². The van der Waals surface area contributed by atoms with Gasteiger partial charge in [-0.1, -0.05) is 0 Å². The van der Waals surface area contributed by atoms with Gasteiger partial charge in [0.25, 0.3) is 0 Å². The molecule has 5 heteroatoms. The monoisotopic (exact) mass is 229 g/mol. The molecule has 16 heavy (non-hydrogen) atoms. The van der Waals surface area contributed by atoms with Crippen LogP contribution >= 0.6 is 0 Å². The topological polar surface area (TPSA) is 67.9 Å². The van der Waals surface area contributed by atoms with Crippen LogP contribution < -0.4 is 5.73 Å². The molecule has 0 heterocycles. The van der Waals surface area contributed by atoms with Crippen molar-refractivity contribution in [2.24, 2.45) is 10.7 Å². The average Bonchev–Trinajstić information content (AvgIpc) is 2.14. The molecule has 0 saturated heterocycles. The van der Waals surface area contributed by atoms with Gasteiger partial charge in [0.2, 0.25) is 0 Å². The molecule has 0 amide bonds. The van der Waals surface area contributed by atoms with Crippen LogP contribution in [-0.4, -0.2) is 42.1 Å². The van der Waals surface area contributed by atoms with Gasteiger partial charge in [0.15, 0.2) is 5.96 Å². The number of aliphatic imine (C=N–C) groups is 1. The maximum absolute atomic E-state index is 11.4. The Kier molecular flexibility index (Phi) is 5.85. The van der Waals surface area contributed by atoms with Crippen LogP contribution in [-0.2, 0) is 9.53 Å². The van der Waals surface area contributed by atoms with Crippen LogP contribution in [0.15, 0.2) is 4.99 Å². The van der Waals surface area contributed by atoms with E-state index in [1.54, 1.807) is 0 Å². The molecule has 0 aromatic carbocycles. The number of ether oxygens (including phenoxy) is 1. The van der Waals surface area contributed by atoms with Gasteiger partial charge in [-0.2, -0.15) is 0 Å². The maximum atomic E-state index is 11.4. The van der Waals surface area contributed by atoms with Crippen LogP contribution in [0, 0.1) is 0 Å². The Balaban J connectivity index is 4.21. The van der Waals surface area contributed by atoms with Crippen molar-refractivity contribution in [3.63, 3.8) is 0 Å². The molecule has 0 aliphatic heterocycles. The normalized spacial score (nSPS) is 12.4. The molecule has 0 aliphatic carbocycles. The van der Waals surface area contributed by atoms with Gasteiger partial charge < -0.3 is 15.4 Å². The summed E-state index contributed by atoms with van der Waals surface area (Å²) in [6.07, 6.45) is 0. The minimum absolute atomic E-state index is 0.0282. The fourth-order valence-electron chi connectivity index (χ4n) is 1.17. The number of nitrogens with two attached hydrogens (primary N) is 1. The summed E-state index contributed by atoms with van der Waals surface area (Å²) in [5, 5.41) is 0. The third-order valence-electron chi connectivity index (χ3n) is 1.88. The van der Waals surface area contributed by atoms with E-state index in [2.05, 4.69) is 4.99 Å². The molecule has 94 valence electrons. The van der Waals surface area contributed by atoms with Gasteiger partial charge in [-0.25, -0.2) is 4.99 Å². The number of rotatable bonds is 4. The first-order chi connectivity index (χ1) is 7.30. The van der Waals surface area contributed by atoms with E-state index in [1.807, 2.05) is 39.5 Å². The highest BCUT2D eigenvalue weighted by Crippen LogP contribution is 2.06. The van der Waals surface area contributed by atoms with Crippen LogP contribution in [0.3, 0.4) is 0 Å². The Bertz CT molecular complexity index is 252. The number of carbonyl (C=O) groups excluding carboxylic acids is 1. The molecule has 0 rings (SSSR count). The zero-order chi connectivity index (χ0) is 12.8. The molecule has 0 unspecified atom stereocenters. The molecule has 0 fully saturated rings. The lowest BCUT2D eigenvalue weighted by atomic mass is 10.2. The zero-order valence-electron chi connectivity index (χ0n) is 10.9. The number of carbonyl (C=O) groups is 1. The predicted molar refractivity (Wildman–Crippen MR) is 65.3 cm³/mol. The van der Waals surface area contributed by atoms with E-state index in [0.717, 1.165) is 13.1 Å². The van der Waals surface area contributed by atoms with Crippen LogP contribution in [0.5, 0.6) is 0 Å². The van der Waals surface area contributed by atoms with Crippen molar-refractivity contribution in [1.29, 1.82) is 0 Å². The molecule has 0 bridgehead atoms. The van der Waals surface area contributed by atoms with Gasteiger partial charge in [-0.05, 0) is 34.6 Å². The summed E-state index contributed by atoms with van der Waals surface area (Å²) < 4.78 is 5.12. The van der Waals surface area contributed by atoms with Crippen molar-refractivity contribution < 1.29 is 9.53 Å². The van der Waals surface area contributed by atoms with E-state index in [0.29, 0.717) is 5.96 Å². The Morgan fingerprint density at radius 3 is 2.19 bits per heavy atom. The fourth-order valence-corrected chi connectivity index (χ4v) is 1.17. The van der Waals surface area contributed by atoms with E-state index in [-0.39, 0.29) is 12.5 Å². The fraction of sp³-hybridized carbons (Fsp3) is 0.818. The van der Waals surface area contributed by atoms with E-state index in [9.17, 15) is 4.79 Å². The largest absolute Gasteiger partial charge is 0.459 e. The average molecular weight is 229 g/mol. The third-order valence-corrected chi connectivity index (χ3v) is 1.88. The first-order valence-electron chi connectivity index (χ1n) is 5.56. The summed E-state index contributed by atoms with van der Waals surface area (Å²) in [5.74, 6) is 0.0264. The molecular formula is C11H23N3O2. The first-order valence-corrected chi connectivity index (χ1v) is 5.56. The van der Waals surface area contributed by atoms with E-state index in [1.165, 1.54) is 0 Å². The molecule has 2 N–H and O–H groups in total. The Labute approximate surface area is 97.7 Å². The molecular weight excluding hydrogens is 206 g/mol. The molecule has 0 saturated carbocycles. The lowest BCUT2D eigenvalue weighted by molar-refractivity contribution is -0.152. The van der Waals surface area contributed by atoms with Crippen molar-refractivity contribution in [3.8, 4) is 0 Å². The number of esters is 1. The number of nitrogens with zero attached hydrogens (tertiary/aromatic N) is 2. The Morgan fingerprint density at radius 1 is 1.31 bits per heavy atom. The molecule has 0 atom stereocenters. The Hall–Kier alpha value is -1.26. The first kappa shape index (κ1) is 14.7.